The van der Waals surface area contributed by atoms with Crippen LogP contribution in [0.3, 0.4) is 0 Å². The Hall–Kier alpha value is -2.80. The first-order valence-corrected chi connectivity index (χ1v) is 9.78. The molecule has 0 spiro atoms. The van der Waals surface area contributed by atoms with Gasteiger partial charge in [0.05, 0.1) is 6.54 Å². The molecule has 0 fully saturated rings. The Morgan fingerprint density at radius 2 is 2.00 bits per heavy atom. The van der Waals surface area contributed by atoms with Crippen LogP contribution in [0, 0.1) is 0 Å². The first-order chi connectivity index (χ1) is 13.7. The van der Waals surface area contributed by atoms with Gasteiger partial charge in [-0.2, -0.15) is 0 Å². The number of carbonyl (C=O) groups is 2. The molecule has 156 valence electrons. The third-order valence-corrected chi connectivity index (χ3v) is 3.96. The van der Waals surface area contributed by atoms with Gasteiger partial charge in [0.1, 0.15) is 5.60 Å². The molecule has 8 heteroatoms. The maximum atomic E-state index is 12.5. The van der Waals surface area contributed by atoms with Crippen LogP contribution >= 0.6 is 11.6 Å². The second-order valence-electron chi connectivity index (χ2n) is 7.51. The average molecular weight is 419 g/mol. The third kappa shape index (κ3) is 8.83. The van der Waals surface area contributed by atoms with Gasteiger partial charge in [0.2, 0.25) is 0 Å². The lowest BCUT2D eigenvalue weighted by Gasteiger charge is -2.27. The molecule has 0 aliphatic rings. The Labute approximate surface area is 176 Å². The Balaban J connectivity index is 1.84. The summed E-state index contributed by atoms with van der Waals surface area (Å²) in [5.74, 6) is 0. The van der Waals surface area contributed by atoms with E-state index >= 15 is 0 Å². The highest BCUT2D eigenvalue weighted by atomic mass is 35.5. The molecule has 3 amide bonds. The van der Waals surface area contributed by atoms with Gasteiger partial charge >= 0.3 is 12.1 Å². The first-order valence-electron chi connectivity index (χ1n) is 9.40. The maximum absolute atomic E-state index is 12.5. The summed E-state index contributed by atoms with van der Waals surface area (Å²) in [5, 5.41) is 6.04. The van der Waals surface area contributed by atoms with Crippen molar-refractivity contribution in [1.29, 1.82) is 0 Å². The molecule has 1 heterocycles. The summed E-state index contributed by atoms with van der Waals surface area (Å²) in [6.45, 7) is 6.70. The highest BCUT2D eigenvalue weighted by molar-refractivity contribution is 6.30. The van der Waals surface area contributed by atoms with Crippen molar-refractivity contribution in [3.05, 3.63) is 59.4 Å². The summed E-state index contributed by atoms with van der Waals surface area (Å²) in [6.07, 6.45) is 3.57. The SMILES string of the molecule is CC(C)(C)OC(=O)N(CCCNC(=O)Nc1cccc(Cl)c1)Cc1cccnc1. The fraction of sp³-hybridized carbons (Fsp3) is 0.381. The number of pyridine rings is 1. The molecule has 2 aromatic rings. The number of anilines is 1. The van der Waals surface area contributed by atoms with Crippen LogP contribution in [0.1, 0.15) is 32.8 Å². The van der Waals surface area contributed by atoms with Crippen LogP contribution < -0.4 is 10.6 Å². The number of nitrogens with zero attached hydrogens (tertiary/aromatic N) is 2. The molecule has 1 aromatic carbocycles. The van der Waals surface area contributed by atoms with Crippen LogP contribution in [0.2, 0.25) is 5.02 Å². The molecule has 0 saturated carbocycles. The van der Waals surface area contributed by atoms with Gasteiger partial charge in [0, 0.05) is 36.2 Å². The van der Waals surface area contributed by atoms with E-state index in [0.717, 1.165) is 5.56 Å². The highest BCUT2D eigenvalue weighted by Crippen LogP contribution is 2.15. The Morgan fingerprint density at radius 1 is 1.21 bits per heavy atom. The minimum Gasteiger partial charge on any atom is -0.444 e. The van der Waals surface area contributed by atoms with Crippen molar-refractivity contribution < 1.29 is 14.3 Å². The Bertz CT molecular complexity index is 809. The van der Waals surface area contributed by atoms with Crippen molar-refractivity contribution in [3.63, 3.8) is 0 Å². The van der Waals surface area contributed by atoms with Crippen molar-refractivity contribution in [3.8, 4) is 0 Å². The quantitative estimate of drug-likeness (QED) is 0.639. The van der Waals surface area contributed by atoms with E-state index < -0.39 is 11.7 Å². The number of benzene rings is 1. The Morgan fingerprint density at radius 3 is 2.66 bits per heavy atom. The number of amides is 3. The van der Waals surface area contributed by atoms with Crippen LogP contribution in [0.4, 0.5) is 15.3 Å². The van der Waals surface area contributed by atoms with Gasteiger partial charge in [-0.05, 0) is 57.0 Å². The molecule has 0 aliphatic carbocycles. The molecule has 0 aliphatic heterocycles. The number of hydrogen-bond acceptors (Lipinski definition) is 4. The van der Waals surface area contributed by atoms with Crippen molar-refractivity contribution in [2.75, 3.05) is 18.4 Å². The van der Waals surface area contributed by atoms with Crippen LogP contribution in [-0.2, 0) is 11.3 Å². The second-order valence-corrected chi connectivity index (χ2v) is 7.94. The predicted molar refractivity (Wildman–Crippen MR) is 114 cm³/mol. The van der Waals surface area contributed by atoms with Gasteiger partial charge in [-0.15, -0.1) is 0 Å². The van der Waals surface area contributed by atoms with E-state index in [-0.39, 0.29) is 6.03 Å². The monoisotopic (exact) mass is 418 g/mol. The lowest BCUT2D eigenvalue weighted by molar-refractivity contribution is 0.0232. The summed E-state index contributed by atoms with van der Waals surface area (Å²) in [4.78, 5) is 30.2. The number of hydrogen-bond donors (Lipinski definition) is 2. The van der Waals surface area contributed by atoms with Gasteiger partial charge in [-0.3, -0.25) is 4.98 Å². The van der Waals surface area contributed by atoms with E-state index in [1.807, 2.05) is 32.9 Å². The third-order valence-electron chi connectivity index (χ3n) is 3.72. The van der Waals surface area contributed by atoms with Crippen molar-refractivity contribution in [2.45, 2.75) is 39.3 Å². The molecule has 0 unspecified atom stereocenters. The number of carbonyl (C=O) groups excluding carboxylic acids is 2. The predicted octanol–water partition coefficient (Wildman–Crippen LogP) is 4.68. The van der Waals surface area contributed by atoms with E-state index in [9.17, 15) is 9.59 Å². The zero-order valence-corrected chi connectivity index (χ0v) is 17.7. The topological polar surface area (TPSA) is 83.6 Å². The Kier molecular flexibility index (Phi) is 8.27. The van der Waals surface area contributed by atoms with E-state index in [4.69, 9.17) is 16.3 Å². The van der Waals surface area contributed by atoms with Crippen LogP contribution in [0.15, 0.2) is 48.8 Å². The number of halogens is 1. The zero-order valence-electron chi connectivity index (χ0n) is 16.9. The van der Waals surface area contributed by atoms with E-state index in [0.29, 0.717) is 36.8 Å². The minimum absolute atomic E-state index is 0.330. The second kappa shape index (κ2) is 10.7. The van der Waals surface area contributed by atoms with E-state index in [1.165, 1.54) is 0 Å². The largest absolute Gasteiger partial charge is 0.444 e. The first kappa shape index (κ1) is 22.5. The normalized spacial score (nSPS) is 10.9. The number of ether oxygens (including phenoxy) is 1. The molecular formula is C21H27ClN4O3. The summed E-state index contributed by atoms with van der Waals surface area (Å²) in [7, 11) is 0. The van der Waals surface area contributed by atoms with Crippen LogP contribution in [0.5, 0.6) is 0 Å². The van der Waals surface area contributed by atoms with E-state index in [2.05, 4.69) is 15.6 Å². The van der Waals surface area contributed by atoms with Crippen molar-refractivity contribution in [2.24, 2.45) is 0 Å². The summed E-state index contributed by atoms with van der Waals surface area (Å²) < 4.78 is 5.49. The lowest BCUT2D eigenvalue weighted by Crippen LogP contribution is -2.38. The average Bonchev–Trinajstić information content (AvgIpc) is 2.63. The van der Waals surface area contributed by atoms with Gasteiger partial charge in [0.15, 0.2) is 0 Å². The fourth-order valence-electron chi connectivity index (χ4n) is 2.49. The van der Waals surface area contributed by atoms with Gasteiger partial charge in [0.25, 0.3) is 0 Å². The number of aromatic nitrogens is 1. The number of rotatable bonds is 7. The summed E-state index contributed by atoms with van der Waals surface area (Å²) in [5.41, 5.74) is 0.936. The maximum Gasteiger partial charge on any atom is 0.410 e. The zero-order chi connectivity index (χ0) is 21.3. The van der Waals surface area contributed by atoms with Gasteiger partial charge in [-0.25, -0.2) is 9.59 Å². The lowest BCUT2D eigenvalue weighted by atomic mass is 10.2. The molecule has 0 bridgehead atoms. The van der Waals surface area contributed by atoms with Crippen LogP contribution in [-0.4, -0.2) is 40.7 Å². The fourth-order valence-corrected chi connectivity index (χ4v) is 2.68. The molecule has 0 saturated heterocycles. The molecule has 2 rings (SSSR count). The standard InChI is InChI=1S/C21H27ClN4O3/c1-21(2,3)29-20(28)26(15-16-7-5-10-23-14-16)12-6-11-24-19(27)25-18-9-4-8-17(22)13-18/h4-5,7-10,13-14H,6,11-12,15H2,1-3H3,(H2,24,25,27). The van der Waals surface area contributed by atoms with Gasteiger partial charge < -0.3 is 20.3 Å². The molecule has 29 heavy (non-hydrogen) atoms. The molecule has 7 nitrogen and oxygen atoms in total. The number of nitrogens with one attached hydrogen (secondary N) is 2. The molecule has 0 atom stereocenters. The molecule has 1 aromatic heterocycles. The molecule has 2 N–H and O–H groups in total. The number of urea groups is 1. The minimum atomic E-state index is -0.584. The summed E-state index contributed by atoms with van der Waals surface area (Å²) >= 11 is 5.91. The van der Waals surface area contributed by atoms with Crippen molar-refractivity contribution >= 4 is 29.4 Å². The summed E-state index contributed by atoms with van der Waals surface area (Å²) in [6, 6.07) is 10.3. The van der Waals surface area contributed by atoms with Crippen LogP contribution in [0.25, 0.3) is 0 Å². The molecular weight excluding hydrogens is 392 g/mol. The highest BCUT2D eigenvalue weighted by Gasteiger charge is 2.22. The van der Waals surface area contributed by atoms with E-state index in [1.54, 1.807) is 41.6 Å². The molecule has 0 radical (unpaired) electrons. The van der Waals surface area contributed by atoms with Gasteiger partial charge in [-0.1, -0.05) is 23.7 Å². The smallest absolute Gasteiger partial charge is 0.410 e. The van der Waals surface area contributed by atoms with Crippen molar-refractivity contribution in [1.82, 2.24) is 15.2 Å².